The highest BCUT2D eigenvalue weighted by molar-refractivity contribution is 5.79. The minimum Gasteiger partial charge on any atom is -0.357 e. The second-order valence-electron chi connectivity index (χ2n) is 4.93. The molecule has 0 saturated heterocycles. The van der Waals surface area contributed by atoms with Crippen molar-refractivity contribution in [3.63, 3.8) is 0 Å². The molecule has 0 saturated carbocycles. The molecule has 2 heterocycles. The number of amides is 1. The van der Waals surface area contributed by atoms with Crippen LogP contribution in [0.1, 0.15) is 32.4 Å². The largest absolute Gasteiger partial charge is 0.357 e. The predicted molar refractivity (Wildman–Crippen MR) is 84.4 cm³/mol. The molecular formula is C15H22N6O. The van der Waals surface area contributed by atoms with Crippen LogP contribution in [-0.2, 0) is 11.3 Å². The van der Waals surface area contributed by atoms with E-state index in [1.54, 1.807) is 13.1 Å². The van der Waals surface area contributed by atoms with Crippen LogP contribution in [0.3, 0.4) is 0 Å². The minimum absolute atomic E-state index is 0.0974. The summed E-state index contributed by atoms with van der Waals surface area (Å²) < 4.78 is 1.53. The number of nitrogens with one attached hydrogen (secondary N) is 1. The topological polar surface area (TPSA) is 75.9 Å². The lowest BCUT2D eigenvalue weighted by Gasteiger charge is -2.23. The first-order chi connectivity index (χ1) is 10.7. The van der Waals surface area contributed by atoms with Gasteiger partial charge in [-0.05, 0) is 26.8 Å². The highest BCUT2D eigenvalue weighted by Crippen LogP contribution is 2.16. The van der Waals surface area contributed by atoms with Gasteiger partial charge in [0.15, 0.2) is 0 Å². The molecule has 0 aliphatic heterocycles. The van der Waals surface area contributed by atoms with Crippen LogP contribution in [0, 0.1) is 0 Å². The van der Waals surface area contributed by atoms with Crippen LogP contribution in [-0.4, -0.2) is 38.7 Å². The van der Waals surface area contributed by atoms with Gasteiger partial charge in [-0.25, -0.2) is 14.6 Å². The Morgan fingerprint density at radius 3 is 2.82 bits per heavy atom. The van der Waals surface area contributed by atoms with Gasteiger partial charge in [0.05, 0.1) is 0 Å². The van der Waals surface area contributed by atoms with E-state index in [1.165, 1.54) is 17.3 Å². The molecule has 7 nitrogen and oxygen atoms in total. The average molecular weight is 302 g/mol. The van der Waals surface area contributed by atoms with E-state index in [1.807, 2.05) is 12.1 Å². The fourth-order valence-corrected chi connectivity index (χ4v) is 2.24. The van der Waals surface area contributed by atoms with Gasteiger partial charge in [0.1, 0.15) is 24.5 Å². The van der Waals surface area contributed by atoms with Gasteiger partial charge in [-0.2, -0.15) is 5.10 Å². The van der Waals surface area contributed by atoms with E-state index in [9.17, 15) is 4.79 Å². The van der Waals surface area contributed by atoms with Crippen molar-refractivity contribution in [1.82, 2.24) is 25.1 Å². The van der Waals surface area contributed by atoms with E-state index in [2.05, 4.69) is 39.1 Å². The number of pyridine rings is 1. The van der Waals surface area contributed by atoms with Crippen molar-refractivity contribution in [2.45, 2.75) is 33.4 Å². The molecule has 0 aliphatic rings. The molecule has 118 valence electrons. The zero-order chi connectivity index (χ0) is 15.9. The molecule has 2 aromatic rings. The van der Waals surface area contributed by atoms with Crippen molar-refractivity contribution < 1.29 is 4.79 Å². The molecule has 1 atom stereocenters. The third-order valence-corrected chi connectivity index (χ3v) is 3.60. The van der Waals surface area contributed by atoms with Gasteiger partial charge in [0.2, 0.25) is 5.91 Å². The van der Waals surface area contributed by atoms with Crippen LogP contribution in [0.25, 0.3) is 0 Å². The monoisotopic (exact) mass is 302 g/mol. The summed E-state index contributed by atoms with van der Waals surface area (Å²) in [6, 6.07) is 3.48. The summed E-state index contributed by atoms with van der Waals surface area (Å²) in [5.74, 6) is 0.820. The van der Waals surface area contributed by atoms with E-state index in [0.717, 1.165) is 24.5 Å². The molecule has 0 fully saturated rings. The zero-order valence-electron chi connectivity index (χ0n) is 13.2. The van der Waals surface area contributed by atoms with Gasteiger partial charge in [0.25, 0.3) is 0 Å². The fraction of sp³-hybridized carbons (Fsp3) is 0.467. The lowest BCUT2D eigenvalue weighted by Crippen LogP contribution is -2.32. The van der Waals surface area contributed by atoms with E-state index >= 15 is 0 Å². The molecule has 1 N–H and O–H groups in total. The number of carbonyl (C=O) groups excluding carboxylic acids is 1. The van der Waals surface area contributed by atoms with E-state index in [4.69, 9.17) is 0 Å². The van der Waals surface area contributed by atoms with Crippen LogP contribution >= 0.6 is 0 Å². The Bertz CT molecular complexity index is 594. The first-order valence-corrected chi connectivity index (χ1v) is 7.48. The molecule has 0 aromatic carbocycles. The predicted octanol–water partition coefficient (Wildman–Crippen LogP) is 1.40. The standard InChI is InChI=1S/C15H22N6O/c1-4-20(5-2)14-13(7-6-8-17-14)9-18-15(22)12(3)21-11-16-10-19-21/h6-8,10-12H,4-5,9H2,1-3H3,(H,18,22)/t12-/m0/s1. The van der Waals surface area contributed by atoms with Crippen LogP contribution in [0.2, 0.25) is 0 Å². The molecule has 0 bridgehead atoms. The fourth-order valence-electron chi connectivity index (χ4n) is 2.24. The third-order valence-electron chi connectivity index (χ3n) is 3.60. The van der Waals surface area contributed by atoms with Crippen LogP contribution in [0.4, 0.5) is 5.82 Å². The van der Waals surface area contributed by atoms with Crippen LogP contribution in [0.15, 0.2) is 31.0 Å². The molecule has 0 unspecified atom stereocenters. The molecule has 2 rings (SSSR count). The second kappa shape index (κ2) is 7.53. The Labute approximate surface area is 130 Å². The SMILES string of the molecule is CCN(CC)c1ncccc1CNC(=O)[C@H](C)n1cncn1. The summed E-state index contributed by atoms with van der Waals surface area (Å²) >= 11 is 0. The third kappa shape index (κ3) is 3.60. The van der Waals surface area contributed by atoms with Gasteiger partial charge in [0, 0.05) is 31.4 Å². The number of carbonyl (C=O) groups is 1. The highest BCUT2D eigenvalue weighted by atomic mass is 16.2. The molecule has 0 spiro atoms. The van der Waals surface area contributed by atoms with Gasteiger partial charge in [-0.1, -0.05) is 6.07 Å². The van der Waals surface area contributed by atoms with Crippen LogP contribution in [0.5, 0.6) is 0 Å². The van der Waals surface area contributed by atoms with Gasteiger partial charge >= 0.3 is 0 Å². The minimum atomic E-state index is -0.393. The number of hydrogen-bond donors (Lipinski definition) is 1. The van der Waals surface area contributed by atoms with Crippen molar-refractivity contribution in [1.29, 1.82) is 0 Å². The van der Waals surface area contributed by atoms with Crippen LogP contribution < -0.4 is 10.2 Å². The number of hydrogen-bond acceptors (Lipinski definition) is 5. The van der Waals surface area contributed by atoms with Crippen molar-refractivity contribution >= 4 is 11.7 Å². The van der Waals surface area contributed by atoms with Gasteiger partial charge in [-0.3, -0.25) is 4.79 Å². The first kappa shape index (κ1) is 15.9. The Hall–Kier alpha value is -2.44. The molecule has 0 radical (unpaired) electrons. The Morgan fingerprint density at radius 2 is 2.18 bits per heavy atom. The maximum atomic E-state index is 12.2. The average Bonchev–Trinajstić information content (AvgIpc) is 3.08. The summed E-state index contributed by atoms with van der Waals surface area (Å²) in [5, 5.41) is 6.92. The maximum absolute atomic E-state index is 12.2. The normalized spacial score (nSPS) is 12.0. The number of nitrogens with zero attached hydrogens (tertiary/aromatic N) is 5. The zero-order valence-corrected chi connectivity index (χ0v) is 13.2. The lowest BCUT2D eigenvalue weighted by molar-refractivity contribution is -0.124. The maximum Gasteiger partial charge on any atom is 0.244 e. The summed E-state index contributed by atoms with van der Waals surface area (Å²) in [6.45, 7) is 8.17. The Morgan fingerprint density at radius 1 is 1.41 bits per heavy atom. The Kier molecular flexibility index (Phi) is 5.46. The summed E-state index contributed by atoms with van der Waals surface area (Å²) in [6.07, 6.45) is 4.73. The van der Waals surface area contributed by atoms with E-state index < -0.39 is 6.04 Å². The van der Waals surface area contributed by atoms with E-state index in [-0.39, 0.29) is 5.91 Å². The molecule has 22 heavy (non-hydrogen) atoms. The van der Waals surface area contributed by atoms with Crippen molar-refractivity contribution in [2.24, 2.45) is 0 Å². The summed E-state index contributed by atoms with van der Waals surface area (Å²) in [7, 11) is 0. The second-order valence-corrected chi connectivity index (χ2v) is 4.93. The van der Waals surface area contributed by atoms with Crippen molar-refractivity contribution in [3.8, 4) is 0 Å². The van der Waals surface area contributed by atoms with Gasteiger partial charge < -0.3 is 10.2 Å². The molecule has 7 heteroatoms. The van der Waals surface area contributed by atoms with Crippen molar-refractivity contribution in [3.05, 3.63) is 36.5 Å². The molecule has 2 aromatic heterocycles. The quantitative estimate of drug-likeness (QED) is 0.836. The molecule has 1 amide bonds. The molecule has 0 aliphatic carbocycles. The van der Waals surface area contributed by atoms with Crippen molar-refractivity contribution in [2.75, 3.05) is 18.0 Å². The van der Waals surface area contributed by atoms with Gasteiger partial charge in [-0.15, -0.1) is 0 Å². The summed E-state index contributed by atoms with van der Waals surface area (Å²) in [4.78, 5) is 22.7. The number of rotatable bonds is 7. The first-order valence-electron chi connectivity index (χ1n) is 7.48. The Balaban J connectivity index is 2.04. The summed E-state index contributed by atoms with van der Waals surface area (Å²) in [5.41, 5.74) is 1.00. The highest BCUT2D eigenvalue weighted by Gasteiger charge is 2.16. The number of anilines is 1. The van der Waals surface area contributed by atoms with E-state index in [0.29, 0.717) is 6.54 Å². The molecular weight excluding hydrogens is 280 g/mol. The number of aromatic nitrogens is 4. The lowest BCUT2D eigenvalue weighted by atomic mass is 10.2. The smallest absolute Gasteiger partial charge is 0.244 e.